The van der Waals surface area contributed by atoms with Crippen LogP contribution >= 0.6 is 0 Å². The van der Waals surface area contributed by atoms with Gasteiger partial charge in [0.05, 0.1) is 6.04 Å². The molecule has 8 atom stereocenters. The average Bonchev–Trinajstić information content (AvgIpc) is 3.36. The predicted octanol–water partition coefficient (Wildman–Crippen LogP) is -9.97. The maximum Gasteiger partial charge on any atom is 0.243 e. The van der Waals surface area contributed by atoms with Crippen molar-refractivity contribution < 1.29 is 38.4 Å². The highest BCUT2D eigenvalue weighted by Gasteiger charge is 2.34. The van der Waals surface area contributed by atoms with E-state index >= 15 is 0 Å². The summed E-state index contributed by atoms with van der Waals surface area (Å²) in [6, 6.07) is -9.36. The number of rotatable bonds is 47. The fourth-order valence-electron chi connectivity index (χ4n) is 8.20. The number of nitrogens with zero attached hydrogens (tertiary/aromatic N) is 8. The van der Waals surface area contributed by atoms with E-state index in [1.54, 1.807) is 6.92 Å². The van der Waals surface area contributed by atoms with Gasteiger partial charge in [0, 0.05) is 58.3 Å². The lowest BCUT2D eigenvalue weighted by Crippen LogP contribution is -2.60. The molecular formula is C50H101N31O8. The summed E-state index contributed by atoms with van der Waals surface area (Å²) in [5.74, 6) is -8.33. The molecule has 0 aliphatic rings. The summed E-state index contributed by atoms with van der Waals surface area (Å²) in [4.78, 5) is 144. The Balaban J connectivity index is 7.48. The molecule has 39 nitrogen and oxygen atoms in total. The largest absolute Gasteiger partial charge is 0.370 e. The molecule has 0 fully saturated rings. The van der Waals surface area contributed by atoms with Crippen molar-refractivity contribution in [3.8, 4) is 0 Å². The fraction of sp³-hybridized carbons (Fsp3) is 0.680. The summed E-state index contributed by atoms with van der Waals surface area (Å²) >= 11 is 0. The van der Waals surface area contributed by atoms with Crippen LogP contribution in [0.4, 0.5) is 0 Å². The van der Waals surface area contributed by atoms with Crippen LogP contribution < -0.4 is 129 Å². The molecule has 504 valence electrons. The topological polar surface area (TPSA) is 736 Å². The third-order valence-corrected chi connectivity index (χ3v) is 12.8. The second-order valence-electron chi connectivity index (χ2n) is 20.5. The number of nitrogens with two attached hydrogens (primary N) is 16. The standard InChI is InChI=1S/C50H101N31O8/c1-27(11-3-19-67-43(51)52)36(83)76-30(13-5-21-69-45(55)56)38(85)78-32(15-7-23-71-47(59)60)40(87)80-34(17-9-25-73-49(63)64)42(89)81-35(18-10-26-74-50(65)66)41(88)79-33(16-8-24-72-48(61)62)39(86)77-31(14-6-22-70-46(57)58)37(84)75-29(28(2)82)12-4-20-68-44(53)54/h27,29-35H,3-26H2,1-2H3,(H,75,84)(H,76,83)(H,77,86)(H,78,85)(H,79,88)(H,80,87)(H,81,89)(H4,51,52,67)(H4,53,54,68)(H4,55,56,69)(H4,57,58,70)(H4,59,60,71)(H4,61,62,72)(H4,63,64,73)(H4,65,66,74)/t27-,29-,30-,31-,32-,33-,34-,35-/m1/s1. The average molecular weight is 1260 g/mol. The Kier molecular flexibility index (Phi) is 40.4. The molecule has 0 aromatic rings. The molecule has 0 bridgehead atoms. The van der Waals surface area contributed by atoms with Gasteiger partial charge in [-0.25, -0.2) is 0 Å². The van der Waals surface area contributed by atoms with Crippen LogP contribution in [0.5, 0.6) is 0 Å². The lowest BCUT2D eigenvalue weighted by molar-refractivity contribution is -0.136. The number of hydrogen-bond acceptors (Lipinski definition) is 16. The van der Waals surface area contributed by atoms with Crippen LogP contribution in [0.25, 0.3) is 0 Å². The molecule has 7 amide bonds. The first kappa shape index (κ1) is 79.1. The molecule has 0 rings (SSSR count). The van der Waals surface area contributed by atoms with E-state index in [1.807, 2.05) is 0 Å². The summed E-state index contributed by atoms with van der Waals surface area (Å²) < 4.78 is 0. The first-order valence-electron chi connectivity index (χ1n) is 29.0. The van der Waals surface area contributed by atoms with Gasteiger partial charge in [-0.05, 0) is 110 Å². The first-order valence-corrected chi connectivity index (χ1v) is 29.0. The molecule has 0 heterocycles. The summed E-state index contributed by atoms with van der Waals surface area (Å²) in [7, 11) is 0. The minimum absolute atomic E-state index is 0.00306. The minimum atomic E-state index is -1.48. The maximum absolute atomic E-state index is 14.7. The summed E-state index contributed by atoms with van der Waals surface area (Å²) in [6.07, 6.45) is 1.40. The molecule has 0 aliphatic heterocycles. The number of carbonyl (C=O) groups excluding carboxylic acids is 8. The predicted molar refractivity (Wildman–Crippen MR) is 343 cm³/mol. The highest BCUT2D eigenvalue weighted by atomic mass is 16.2. The van der Waals surface area contributed by atoms with E-state index < -0.39 is 95.3 Å². The molecule has 0 unspecified atom stereocenters. The van der Waals surface area contributed by atoms with Crippen molar-refractivity contribution in [2.24, 2.45) is 138 Å². The van der Waals surface area contributed by atoms with Crippen molar-refractivity contribution >= 4 is 94.8 Å². The van der Waals surface area contributed by atoms with Gasteiger partial charge in [-0.1, -0.05) is 6.92 Å². The van der Waals surface area contributed by atoms with Crippen molar-refractivity contribution in [3.05, 3.63) is 0 Å². The molecule has 0 aromatic carbocycles. The van der Waals surface area contributed by atoms with Gasteiger partial charge in [0.15, 0.2) is 53.5 Å². The maximum atomic E-state index is 14.7. The molecule has 39 N–H and O–H groups in total. The van der Waals surface area contributed by atoms with E-state index in [4.69, 9.17) is 91.7 Å². The highest BCUT2D eigenvalue weighted by Crippen LogP contribution is 2.12. The van der Waals surface area contributed by atoms with Gasteiger partial charge >= 0.3 is 0 Å². The van der Waals surface area contributed by atoms with Gasteiger partial charge in [0.2, 0.25) is 41.4 Å². The summed E-state index contributed by atoms with van der Waals surface area (Å²) in [5, 5.41) is 18.8. The van der Waals surface area contributed by atoms with Gasteiger partial charge in [0.25, 0.3) is 0 Å². The minimum Gasteiger partial charge on any atom is -0.370 e. The lowest BCUT2D eigenvalue weighted by Gasteiger charge is -2.28. The van der Waals surface area contributed by atoms with Crippen LogP contribution in [0.2, 0.25) is 0 Å². The van der Waals surface area contributed by atoms with Crippen molar-refractivity contribution in [1.82, 2.24) is 37.2 Å². The van der Waals surface area contributed by atoms with E-state index in [0.717, 1.165) is 0 Å². The molecule has 39 heteroatoms. The molecule has 0 aromatic heterocycles. The number of ketones is 1. The molecule has 0 saturated carbocycles. The Morgan fingerprint density at radius 3 is 0.562 bits per heavy atom. The third-order valence-electron chi connectivity index (χ3n) is 12.8. The molecule has 89 heavy (non-hydrogen) atoms. The van der Waals surface area contributed by atoms with E-state index in [9.17, 15) is 38.4 Å². The first-order chi connectivity index (χ1) is 41.9. The zero-order chi connectivity index (χ0) is 67.4. The number of Topliss-reactive ketones (excluding diaryl/α,β-unsaturated/α-hetero) is 1. The Morgan fingerprint density at radius 1 is 0.247 bits per heavy atom. The third kappa shape index (κ3) is 40.2. The monoisotopic (exact) mass is 1260 g/mol. The summed E-state index contributed by atoms with van der Waals surface area (Å²) in [5.41, 5.74) is 88.4. The van der Waals surface area contributed by atoms with Crippen molar-refractivity contribution in [2.45, 2.75) is 159 Å². The second kappa shape index (κ2) is 45.4. The molecule has 0 aliphatic carbocycles. The van der Waals surface area contributed by atoms with Gasteiger partial charge in [-0.15, -0.1) is 0 Å². The van der Waals surface area contributed by atoms with E-state index in [1.165, 1.54) is 6.92 Å². The Bertz CT molecular complexity index is 2470. The smallest absolute Gasteiger partial charge is 0.243 e. The van der Waals surface area contributed by atoms with Crippen LogP contribution in [-0.2, 0) is 38.4 Å². The molecule has 0 radical (unpaired) electrons. The number of aliphatic imine (C=N–C) groups is 8. The van der Waals surface area contributed by atoms with Crippen LogP contribution in [0.3, 0.4) is 0 Å². The van der Waals surface area contributed by atoms with Crippen LogP contribution in [0.15, 0.2) is 39.9 Å². The van der Waals surface area contributed by atoms with Gasteiger partial charge in [-0.2, -0.15) is 0 Å². The van der Waals surface area contributed by atoms with Gasteiger partial charge in [0.1, 0.15) is 36.3 Å². The quantitative estimate of drug-likeness (QED) is 0.0153. The zero-order valence-corrected chi connectivity index (χ0v) is 51.2. The number of amides is 7. The Labute approximate surface area is 517 Å². The fourth-order valence-corrected chi connectivity index (χ4v) is 8.20. The molecule has 0 spiro atoms. The van der Waals surface area contributed by atoms with Crippen LogP contribution in [-0.4, -0.2) is 189 Å². The Morgan fingerprint density at radius 2 is 0.393 bits per heavy atom. The van der Waals surface area contributed by atoms with Crippen LogP contribution in [0.1, 0.15) is 117 Å². The highest BCUT2D eigenvalue weighted by molar-refractivity contribution is 5.98. The van der Waals surface area contributed by atoms with Gasteiger partial charge < -0.3 is 129 Å². The lowest BCUT2D eigenvalue weighted by atomic mass is 10.0. The second-order valence-corrected chi connectivity index (χ2v) is 20.5. The SMILES string of the molecule is CC(=O)[C@@H](CCCN=C(N)N)NC(=O)[C@@H](CCCN=C(N)N)NC(=O)[C@@H](CCCN=C(N)N)NC(=O)[C@@H](CCCN=C(N)N)NC(=O)[C@@H](CCCN=C(N)N)NC(=O)[C@@H](CCCN=C(N)N)NC(=O)[C@@H](CCCN=C(N)N)NC(=O)[C@H](C)CCCN=C(N)N. The molecule has 0 saturated heterocycles. The number of hydrogen-bond donors (Lipinski definition) is 23. The number of nitrogens with one attached hydrogen (secondary N) is 7. The van der Waals surface area contributed by atoms with Crippen molar-refractivity contribution in [1.29, 1.82) is 0 Å². The van der Waals surface area contributed by atoms with E-state index in [2.05, 4.69) is 77.2 Å². The van der Waals surface area contributed by atoms with Crippen LogP contribution in [0, 0.1) is 5.92 Å². The normalized spacial score (nSPS) is 13.3. The Hall–Kier alpha value is -9.88. The zero-order valence-electron chi connectivity index (χ0n) is 51.2. The van der Waals surface area contributed by atoms with Gasteiger partial charge in [-0.3, -0.25) is 78.3 Å². The summed E-state index contributed by atoms with van der Waals surface area (Å²) in [6.45, 7) is 3.46. The molecular weight excluding hydrogens is 1160 g/mol. The van der Waals surface area contributed by atoms with E-state index in [-0.39, 0.29) is 184 Å². The number of guanidine groups is 8. The number of carbonyl (C=O) groups is 8. The van der Waals surface area contributed by atoms with E-state index in [0.29, 0.717) is 19.3 Å². The van der Waals surface area contributed by atoms with Crippen molar-refractivity contribution in [2.75, 3.05) is 52.4 Å². The van der Waals surface area contributed by atoms with Crippen molar-refractivity contribution in [3.63, 3.8) is 0 Å².